The molecule has 0 bridgehead atoms. The van der Waals surface area contributed by atoms with Gasteiger partial charge < -0.3 is 5.73 Å². The predicted octanol–water partition coefficient (Wildman–Crippen LogP) is 2.41. The first-order valence-corrected chi connectivity index (χ1v) is 7.89. The molecule has 1 aromatic heterocycles. The molecule has 0 unspecified atom stereocenters. The number of halogens is 1. The van der Waals surface area contributed by atoms with Crippen LogP contribution in [0.4, 0.5) is 15.8 Å². The highest BCUT2D eigenvalue weighted by atomic mass is 32.2. The van der Waals surface area contributed by atoms with Crippen molar-refractivity contribution in [3.8, 4) is 0 Å². The van der Waals surface area contributed by atoms with Gasteiger partial charge in [0.15, 0.2) is 5.82 Å². The summed E-state index contributed by atoms with van der Waals surface area (Å²) in [6.07, 6.45) is 1.82. The summed E-state index contributed by atoms with van der Waals surface area (Å²) in [5, 5.41) is -0.583. The Labute approximate surface area is 123 Å². The molecule has 2 rings (SSSR count). The van der Waals surface area contributed by atoms with Crippen LogP contribution >= 0.6 is 0 Å². The predicted molar refractivity (Wildman–Crippen MR) is 79.9 cm³/mol. The minimum atomic E-state index is -4.07. The van der Waals surface area contributed by atoms with E-state index >= 15 is 0 Å². The van der Waals surface area contributed by atoms with Crippen molar-refractivity contribution >= 4 is 21.4 Å². The third-order valence-electron chi connectivity index (χ3n) is 2.84. The maximum Gasteiger partial charge on any atom is 0.284 e. The van der Waals surface area contributed by atoms with Gasteiger partial charge in [-0.05, 0) is 36.8 Å². The second kappa shape index (κ2) is 6.09. The van der Waals surface area contributed by atoms with Crippen LogP contribution in [-0.2, 0) is 10.0 Å². The van der Waals surface area contributed by atoms with Gasteiger partial charge in [-0.25, -0.2) is 9.37 Å². The number of nitrogen functional groups attached to an aromatic ring is 1. The molecule has 0 aliphatic carbocycles. The van der Waals surface area contributed by atoms with E-state index in [1.807, 2.05) is 6.92 Å². The molecule has 21 heavy (non-hydrogen) atoms. The Morgan fingerprint density at radius 2 is 2.05 bits per heavy atom. The van der Waals surface area contributed by atoms with Crippen molar-refractivity contribution in [2.75, 3.05) is 16.6 Å². The van der Waals surface area contributed by atoms with Crippen molar-refractivity contribution in [1.29, 1.82) is 0 Å². The Kier molecular flexibility index (Phi) is 4.42. The first-order chi connectivity index (χ1) is 9.96. The zero-order valence-electron chi connectivity index (χ0n) is 11.5. The quantitative estimate of drug-likeness (QED) is 0.861. The van der Waals surface area contributed by atoms with Gasteiger partial charge in [0.2, 0.25) is 5.03 Å². The lowest BCUT2D eigenvalue weighted by molar-refractivity contribution is 0.550. The highest BCUT2D eigenvalue weighted by Crippen LogP contribution is 2.25. The Balaban J connectivity index is 2.54. The number of benzene rings is 1. The summed E-state index contributed by atoms with van der Waals surface area (Å²) in [6.45, 7) is 2.05. The summed E-state index contributed by atoms with van der Waals surface area (Å²) < 4.78 is 40.2. The number of rotatable bonds is 5. The maximum absolute atomic E-state index is 13.8. The molecule has 0 radical (unpaired) electrons. The van der Waals surface area contributed by atoms with Crippen molar-refractivity contribution < 1.29 is 12.8 Å². The van der Waals surface area contributed by atoms with Crippen molar-refractivity contribution in [3.63, 3.8) is 0 Å². The number of nitrogens with two attached hydrogens (primary N) is 1. The summed E-state index contributed by atoms with van der Waals surface area (Å²) in [6, 6.07) is 8.88. The van der Waals surface area contributed by atoms with Crippen LogP contribution in [-0.4, -0.2) is 19.9 Å². The van der Waals surface area contributed by atoms with Gasteiger partial charge in [-0.15, -0.1) is 0 Å². The molecule has 0 aliphatic rings. The van der Waals surface area contributed by atoms with Crippen LogP contribution in [0.1, 0.15) is 13.3 Å². The molecule has 0 amide bonds. The average molecular weight is 309 g/mol. The molecular formula is C14H16FN3O2S. The SMILES string of the molecule is CCCN(c1cccc(N)c1)S(=O)(=O)c1ncccc1F. The molecule has 0 saturated heterocycles. The van der Waals surface area contributed by atoms with Gasteiger partial charge in [0.1, 0.15) is 0 Å². The lowest BCUT2D eigenvalue weighted by atomic mass is 10.3. The van der Waals surface area contributed by atoms with Crippen LogP contribution < -0.4 is 10.0 Å². The minimum Gasteiger partial charge on any atom is -0.399 e. The molecule has 1 aromatic carbocycles. The fourth-order valence-electron chi connectivity index (χ4n) is 1.94. The molecule has 0 aliphatic heterocycles. The highest BCUT2D eigenvalue weighted by molar-refractivity contribution is 7.92. The van der Waals surface area contributed by atoms with Gasteiger partial charge in [0.05, 0.1) is 5.69 Å². The second-order valence-corrected chi connectivity index (χ2v) is 6.24. The van der Waals surface area contributed by atoms with Crippen molar-refractivity contribution in [3.05, 3.63) is 48.4 Å². The van der Waals surface area contributed by atoms with E-state index in [1.54, 1.807) is 18.2 Å². The van der Waals surface area contributed by atoms with Gasteiger partial charge in [0, 0.05) is 18.4 Å². The Bertz CT molecular complexity index is 735. The van der Waals surface area contributed by atoms with E-state index in [1.165, 1.54) is 18.3 Å². The van der Waals surface area contributed by atoms with Crippen molar-refractivity contribution in [2.24, 2.45) is 0 Å². The third-order valence-corrected chi connectivity index (χ3v) is 4.61. The molecule has 2 aromatic rings. The fraction of sp³-hybridized carbons (Fsp3) is 0.214. The number of anilines is 2. The Morgan fingerprint density at radius 1 is 1.29 bits per heavy atom. The van der Waals surface area contributed by atoms with E-state index in [2.05, 4.69) is 4.98 Å². The highest BCUT2D eigenvalue weighted by Gasteiger charge is 2.28. The normalized spacial score (nSPS) is 11.3. The molecule has 0 saturated carbocycles. The van der Waals surface area contributed by atoms with E-state index in [0.29, 0.717) is 17.8 Å². The maximum atomic E-state index is 13.8. The van der Waals surface area contributed by atoms with Crippen LogP contribution in [0.3, 0.4) is 0 Å². The largest absolute Gasteiger partial charge is 0.399 e. The number of sulfonamides is 1. The number of hydrogen-bond donors (Lipinski definition) is 1. The van der Waals surface area contributed by atoms with E-state index in [9.17, 15) is 12.8 Å². The zero-order valence-corrected chi connectivity index (χ0v) is 12.3. The number of nitrogens with zero attached hydrogens (tertiary/aromatic N) is 2. The number of pyridine rings is 1. The van der Waals surface area contributed by atoms with E-state index in [0.717, 1.165) is 10.4 Å². The zero-order chi connectivity index (χ0) is 15.5. The Hall–Kier alpha value is -2.15. The fourth-order valence-corrected chi connectivity index (χ4v) is 3.47. The first-order valence-electron chi connectivity index (χ1n) is 6.45. The van der Waals surface area contributed by atoms with Crippen LogP contribution in [0, 0.1) is 5.82 Å². The van der Waals surface area contributed by atoms with E-state index < -0.39 is 20.9 Å². The molecule has 112 valence electrons. The van der Waals surface area contributed by atoms with Gasteiger partial charge in [-0.1, -0.05) is 13.0 Å². The van der Waals surface area contributed by atoms with Crippen LogP contribution in [0.2, 0.25) is 0 Å². The van der Waals surface area contributed by atoms with Crippen LogP contribution in [0.25, 0.3) is 0 Å². The standard InChI is InChI=1S/C14H16FN3O2S/c1-2-9-18(12-6-3-5-11(16)10-12)21(19,20)14-13(15)7-4-8-17-14/h3-8,10H,2,9,16H2,1H3. The van der Waals surface area contributed by atoms with Crippen LogP contribution in [0.15, 0.2) is 47.6 Å². The lowest BCUT2D eigenvalue weighted by Crippen LogP contribution is -2.33. The topological polar surface area (TPSA) is 76.3 Å². The van der Waals surface area contributed by atoms with Crippen LogP contribution in [0.5, 0.6) is 0 Å². The molecule has 5 nitrogen and oxygen atoms in total. The summed E-state index contributed by atoms with van der Waals surface area (Å²) >= 11 is 0. The number of aromatic nitrogens is 1. The van der Waals surface area contributed by atoms with Gasteiger partial charge in [-0.2, -0.15) is 8.42 Å². The third kappa shape index (κ3) is 3.13. The molecule has 0 spiro atoms. The minimum absolute atomic E-state index is 0.210. The lowest BCUT2D eigenvalue weighted by Gasteiger charge is -2.23. The average Bonchev–Trinajstić information content (AvgIpc) is 2.44. The van der Waals surface area contributed by atoms with Gasteiger partial charge >= 0.3 is 0 Å². The first kappa shape index (κ1) is 15.2. The van der Waals surface area contributed by atoms with Crippen molar-refractivity contribution in [2.45, 2.75) is 18.4 Å². The molecule has 1 heterocycles. The molecular weight excluding hydrogens is 293 g/mol. The van der Waals surface area contributed by atoms with Crippen molar-refractivity contribution in [1.82, 2.24) is 4.98 Å². The Morgan fingerprint density at radius 3 is 2.67 bits per heavy atom. The molecule has 7 heteroatoms. The van der Waals surface area contributed by atoms with Gasteiger partial charge in [0.25, 0.3) is 10.0 Å². The molecule has 0 atom stereocenters. The summed E-state index contributed by atoms with van der Waals surface area (Å²) in [5.74, 6) is -0.873. The summed E-state index contributed by atoms with van der Waals surface area (Å²) in [5.41, 5.74) is 6.52. The van der Waals surface area contributed by atoms with Gasteiger partial charge in [-0.3, -0.25) is 4.31 Å². The van der Waals surface area contributed by atoms with E-state index in [-0.39, 0.29) is 6.54 Å². The number of hydrogen-bond acceptors (Lipinski definition) is 4. The summed E-state index contributed by atoms with van der Waals surface area (Å²) in [7, 11) is -4.07. The second-order valence-electron chi connectivity index (χ2n) is 4.46. The molecule has 0 fully saturated rings. The smallest absolute Gasteiger partial charge is 0.284 e. The summed E-state index contributed by atoms with van der Waals surface area (Å²) in [4.78, 5) is 3.67. The molecule has 2 N–H and O–H groups in total. The van der Waals surface area contributed by atoms with E-state index in [4.69, 9.17) is 5.73 Å². The monoisotopic (exact) mass is 309 g/mol.